The zero-order valence-corrected chi connectivity index (χ0v) is 18.2. The van der Waals surface area contributed by atoms with Crippen molar-refractivity contribution in [1.29, 1.82) is 0 Å². The van der Waals surface area contributed by atoms with E-state index in [2.05, 4.69) is 5.10 Å². The first-order chi connectivity index (χ1) is 17.3. The number of nitro benzene ring substituents is 3. The summed E-state index contributed by atoms with van der Waals surface area (Å²) in [6.07, 6.45) is 1.31. The van der Waals surface area contributed by atoms with Gasteiger partial charge in [0.15, 0.2) is 0 Å². The Bertz CT molecular complexity index is 1700. The predicted octanol–water partition coefficient (Wildman–Crippen LogP) is 4.29. The molecule has 0 saturated heterocycles. The minimum absolute atomic E-state index is 0.0466. The molecule has 0 aliphatic heterocycles. The molecule has 3 aromatic carbocycles. The molecule has 0 saturated carbocycles. The van der Waals surface area contributed by atoms with Crippen molar-refractivity contribution in [2.24, 2.45) is 0 Å². The number of nitrogens with zero attached hydrogens (tertiary/aromatic N) is 6. The number of nitro groups is 3. The lowest BCUT2D eigenvalue weighted by Gasteiger charge is -2.03. The molecule has 0 amide bonds. The van der Waals surface area contributed by atoms with Crippen molar-refractivity contribution in [2.45, 2.75) is 6.54 Å². The standard InChI is InChI=1S/C23H14N6O7/c30-22(15-6-8-16(9-7-15)27(31)32)21-20-18(10-17(28(33)34)11-19(20)29(35)36)23-25(21)13-24-26(23)12-14-4-2-1-3-5-14/h1-11,13H,12H2. The first-order valence-electron chi connectivity index (χ1n) is 10.4. The number of hydrogen-bond acceptors (Lipinski definition) is 8. The van der Waals surface area contributed by atoms with Crippen LogP contribution in [0.2, 0.25) is 0 Å². The van der Waals surface area contributed by atoms with Crippen LogP contribution in [0.1, 0.15) is 21.6 Å². The van der Waals surface area contributed by atoms with Crippen LogP contribution in [0.15, 0.2) is 73.1 Å². The molecule has 2 heterocycles. The van der Waals surface area contributed by atoms with E-state index in [9.17, 15) is 35.1 Å². The zero-order valence-electron chi connectivity index (χ0n) is 18.2. The molecular weight excluding hydrogens is 472 g/mol. The Balaban J connectivity index is 1.82. The maximum absolute atomic E-state index is 13.6. The van der Waals surface area contributed by atoms with Crippen LogP contribution in [0.25, 0.3) is 16.4 Å². The maximum Gasteiger partial charge on any atom is 0.286 e. The quantitative estimate of drug-likeness (QED) is 0.186. The van der Waals surface area contributed by atoms with E-state index in [1.165, 1.54) is 33.6 Å². The number of non-ortho nitro benzene ring substituents is 3. The highest BCUT2D eigenvalue weighted by atomic mass is 16.6. The summed E-state index contributed by atoms with van der Waals surface area (Å²) in [5, 5.41) is 38.8. The molecular formula is C23H14N6O7. The van der Waals surface area contributed by atoms with Crippen LogP contribution in [-0.4, -0.2) is 34.7 Å². The molecule has 0 radical (unpaired) electrons. The van der Waals surface area contributed by atoms with E-state index in [1.807, 2.05) is 30.3 Å². The lowest BCUT2D eigenvalue weighted by Crippen LogP contribution is -2.06. The molecule has 0 atom stereocenters. The van der Waals surface area contributed by atoms with E-state index in [1.54, 1.807) is 0 Å². The Kier molecular flexibility index (Phi) is 5.21. The number of carbonyl (C=O) groups is 1. The van der Waals surface area contributed by atoms with E-state index in [4.69, 9.17) is 0 Å². The van der Waals surface area contributed by atoms with Crippen molar-refractivity contribution in [3.8, 4) is 0 Å². The van der Waals surface area contributed by atoms with Gasteiger partial charge in [0.2, 0.25) is 5.78 Å². The van der Waals surface area contributed by atoms with Gasteiger partial charge in [-0.2, -0.15) is 5.10 Å². The van der Waals surface area contributed by atoms with Crippen LogP contribution >= 0.6 is 0 Å². The van der Waals surface area contributed by atoms with E-state index >= 15 is 0 Å². The molecule has 36 heavy (non-hydrogen) atoms. The van der Waals surface area contributed by atoms with Gasteiger partial charge in [0.05, 0.1) is 32.8 Å². The molecule has 5 aromatic rings. The van der Waals surface area contributed by atoms with E-state index in [-0.39, 0.29) is 39.9 Å². The van der Waals surface area contributed by atoms with Gasteiger partial charge in [0.1, 0.15) is 17.7 Å². The number of carbonyl (C=O) groups excluding carboxylic acids is 1. The summed E-state index contributed by atoms with van der Waals surface area (Å²) in [6.45, 7) is 0.234. The van der Waals surface area contributed by atoms with Crippen molar-refractivity contribution in [1.82, 2.24) is 14.2 Å². The first-order valence-corrected chi connectivity index (χ1v) is 10.4. The van der Waals surface area contributed by atoms with Gasteiger partial charge in [-0.25, -0.2) is 4.68 Å². The summed E-state index contributed by atoms with van der Waals surface area (Å²) in [5.74, 6) is -0.661. The minimum atomic E-state index is -0.781. The molecule has 0 fully saturated rings. The molecule has 0 spiro atoms. The normalized spacial score (nSPS) is 11.1. The van der Waals surface area contributed by atoms with Crippen LogP contribution in [-0.2, 0) is 6.54 Å². The first kappa shape index (κ1) is 22.3. The lowest BCUT2D eigenvalue weighted by molar-refractivity contribution is -0.393. The molecule has 0 N–H and O–H groups in total. The third kappa shape index (κ3) is 3.60. The summed E-state index contributed by atoms with van der Waals surface area (Å²) >= 11 is 0. The number of fused-ring (bicyclic) bond motifs is 3. The molecule has 5 rings (SSSR count). The van der Waals surface area contributed by atoms with Gasteiger partial charge < -0.3 is 0 Å². The second-order valence-electron chi connectivity index (χ2n) is 7.85. The molecule has 0 aliphatic rings. The molecule has 0 unspecified atom stereocenters. The van der Waals surface area contributed by atoms with Crippen LogP contribution in [0.3, 0.4) is 0 Å². The topological polar surface area (TPSA) is 169 Å². The van der Waals surface area contributed by atoms with Crippen LogP contribution in [0.5, 0.6) is 0 Å². The van der Waals surface area contributed by atoms with Gasteiger partial charge in [0, 0.05) is 29.1 Å². The molecule has 13 heteroatoms. The molecule has 0 bridgehead atoms. The number of benzene rings is 3. The van der Waals surface area contributed by atoms with Crippen molar-refractivity contribution in [3.63, 3.8) is 0 Å². The van der Waals surface area contributed by atoms with Gasteiger partial charge in [-0.1, -0.05) is 30.3 Å². The number of hydrogen-bond donors (Lipinski definition) is 0. The van der Waals surface area contributed by atoms with Gasteiger partial charge in [-0.15, -0.1) is 0 Å². The van der Waals surface area contributed by atoms with Gasteiger partial charge in [-0.05, 0) is 17.7 Å². The molecule has 178 valence electrons. The van der Waals surface area contributed by atoms with Gasteiger partial charge in [0.25, 0.3) is 17.1 Å². The molecule has 0 aliphatic carbocycles. The summed E-state index contributed by atoms with van der Waals surface area (Å²) in [4.78, 5) is 46.0. The number of ketones is 1. The summed E-state index contributed by atoms with van der Waals surface area (Å²) in [6, 6.07) is 16.0. The highest BCUT2D eigenvalue weighted by Crippen LogP contribution is 2.38. The Morgan fingerprint density at radius 3 is 2.11 bits per heavy atom. The fourth-order valence-electron chi connectivity index (χ4n) is 4.15. The summed E-state index contributed by atoms with van der Waals surface area (Å²) in [7, 11) is 0. The Morgan fingerprint density at radius 2 is 1.50 bits per heavy atom. The van der Waals surface area contributed by atoms with Crippen molar-refractivity contribution < 1.29 is 19.6 Å². The average molecular weight is 486 g/mol. The summed E-state index contributed by atoms with van der Waals surface area (Å²) in [5.41, 5.74) is -0.330. The van der Waals surface area contributed by atoms with E-state index in [0.717, 1.165) is 23.8 Å². The fourth-order valence-corrected chi connectivity index (χ4v) is 4.15. The van der Waals surface area contributed by atoms with Crippen molar-refractivity contribution in [3.05, 3.63) is 120 Å². The van der Waals surface area contributed by atoms with Crippen LogP contribution < -0.4 is 0 Å². The van der Waals surface area contributed by atoms with Crippen LogP contribution in [0, 0.1) is 30.3 Å². The highest BCUT2D eigenvalue weighted by molar-refractivity contribution is 6.21. The second-order valence-corrected chi connectivity index (χ2v) is 7.85. The van der Waals surface area contributed by atoms with Crippen molar-refractivity contribution >= 4 is 39.3 Å². The SMILES string of the molecule is O=C(c1ccc([N+](=O)[O-])cc1)c1c2c([N+](=O)[O-])cc([N+](=O)[O-])cc2c2n(Cc3ccccc3)ncn12. The predicted molar refractivity (Wildman–Crippen MR) is 126 cm³/mol. The Hall–Kier alpha value is -5.46. The van der Waals surface area contributed by atoms with E-state index in [0.29, 0.717) is 0 Å². The smallest absolute Gasteiger partial charge is 0.286 e. The monoisotopic (exact) mass is 486 g/mol. The van der Waals surface area contributed by atoms with Crippen molar-refractivity contribution in [2.75, 3.05) is 0 Å². The Morgan fingerprint density at radius 1 is 0.833 bits per heavy atom. The third-order valence-electron chi connectivity index (χ3n) is 5.74. The van der Waals surface area contributed by atoms with Gasteiger partial charge in [-0.3, -0.25) is 39.5 Å². The van der Waals surface area contributed by atoms with Gasteiger partial charge >= 0.3 is 0 Å². The van der Waals surface area contributed by atoms with Crippen LogP contribution in [0.4, 0.5) is 17.1 Å². The molecule has 13 nitrogen and oxygen atoms in total. The Labute approximate surface area is 200 Å². The highest BCUT2D eigenvalue weighted by Gasteiger charge is 2.31. The maximum atomic E-state index is 13.6. The largest absolute Gasteiger partial charge is 0.287 e. The second kappa shape index (κ2) is 8.39. The number of rotatable bonds is 7. The fraction of sp³-hybridized carbons (Fsp3) is 0.0435. The van der Waals surface area contributed by atoms with E-state index < -0.39 is 31.9 Å². The summed E-state index contributed by atoms with van der Waals surface area (Å²) < 4.78 is 2.85. The zero-order chi connectivity index (χ0) is 25.6. The third-order valence-corrected chi connectivity index (χ3v) is 5.74. The average Bonchev–Trinajstić information content (AvgIpc) is 3.41. The lowest BCUT2D eigenvalue weighted by atomic mass is 10.0. The minimum Gasteiger partial charge on any atom is -0.287 e. The molecule has 2 aromatic heterocycles. The number of aromatic nitrogens is 3.